The predicted molar refractivity (Wildman–Crippen MR) is 116 cm³/mol. The molecular weight excluding hydrogens is 447 g/mol. The number of aliphatic imine (C=N–C) groups is 2. The summed E-state index contributed by atoms with van der Waals surface area (Å²) in [6, 6.07) is 6.83. The van der Waals surface area contributed by atoms with Gasteiger partial charge in [0.25, 0.3) is 0 Å². The number of aromatic nitrogens is 1. The largest absolute Gasteiger partial charge is 0.387 e. The van der Waals surface area contributed by atoms with Gasteiger partial charge >= 0.3 is 0 Å². The SMILES string of the molecule is Cc1cc(C(O)[C@H]2O[C@@H](n3ccc4c3N=CN3C4=NCC3O)[C@H](O)[C@@H]2O)ccc1Cl.Cl. The van der Waals surface area contributed by atoms with E-state index >= 15 is 0 Å². The average molecular weight is 469 g/mol. The van der Waals surface area contributed by atoms with Crippen LogP contribution in [0.1, 0.15) is 29.0 Å². The molecule has 0 saturated carbocycles. The van der Waals surface area contributed by atoms with Gasteiger partial charge in [0.1, 0.15) is 42.4 Å². The fraction of sp³-hybridized carbons (Fsp3) is 0.400. The zero-order valence-electron chi connectivity index (χ0n) is 16.4. The summed E-state index contributed by atoms with van der Waals surface area (Å²) in [5, 5.41) is 42.6. The molecule has 1 saturated heterocycles. The number of rotatable bonds is 3. The Morgan fingerprint density at radius 3 is 2.71 bits per heavy atom. The molecular formula is C20H22Cl2N4O5. The van der Waals surface area contributed by atoms with Crippen LogP contribution in [-0.4, -0.2) is 73.2 Å². The minimum Gasteiger partial charge on any atom is -0.387 e. The second-order valence-electron chi connectivity index (χ2n) is 7.68. The number of halogens is 2. The molecule has 0 radical (unpaired) electrons. The summed E-state index contributed by atoms with van der Waals surface area (Å²) in [4.78, 5) is 10.3. The fourth-order valence-corrected chi connectivity index (χ4v) is 4.24. The summed E-state index contributed by atoms with van der Waals surface area (Å²) in [5.41, 5.74) is 2.01. The van der Waals surface area contributed by atoms with Crippen LogP contribution < -0.4 is 0 Å². The summed E-state index contributed by atoms with van der Waals surface area (Å²) in [5.74, 6) is 1.08. The van der Waals surface area contributed by atoms with Crippen molar-refractivity contribution in [1.82, 2.24) is 9.47 Å². The number of nitrogens with zero attached hydrogens (tertiary/aromatic N) is 4. The molecule has 3 aliphatic heterocycles. The Kier molecular flexibility index (Phi) is 5.86. The smallest absolute Gasteiger partial charge is 0.164 e. The van der Waals surface area contributed by atoms with E-state index in [1.807, 2.05) is 6.92 Å². The zero-order valence-corrected chi connectivity index (χ0v) is 18.0. The van der Waals surface area contributed by atoms with E-state index in [2.05, 4.69) is 9.98 Å². The average Bonchev–Trinajstić information content (AvgIpc) is 3.40. The first-order chi connectivity index (χ1) is 14.4. The van der Waals surface area contributed by atoms with Gasteiger partial charge in [-0.05, 0) is 30.2 Å². The Labute approximate surface area is 189 Å². The van der Waals surface area contributed by atoms with Crippen LogP contribution in [0.3, 0.4) is 0 Å². The molecule has 0 amide bonds. The molecule has 2 aromatic rings. The summed E-state index contributed by atoms with van der Waals surface area (Å²) in [6.07, 6.45) is -3.33. The lowest BCUT2D eigenvalue weighted by Gasteiger charge is -2.25. The zero-order chi connectivity index (χ0) is 21.2. The second-order valence-corrected chi connectivity index (χ2v) is 8.09. The van der Waals surface area contributed by atoms with Crippen molar-refractivity contribution in [3.8, 4) is 0 Å². The van der Waals surface area contributed by atoms with Crippen molar-refractivity contribution >= 4 is 42.0 Å². The molecule has 3 aliphatic rings. The van der Waals surface area contributed by atoms with E-state index in [-0.39, 0.29) is 19.0 Å². The topological polar surface area (TPSA) is 123 Å². The number of ether oxygens (including phenoxy) is 1. The molecule has 0 spiro atoms. The highest BCUT2D eigenvalue weighted by atomic mass is 35.5. The van der Waals surface area contributed by atoms with E-state index in [0.717, 1.165) is 5.56 Å². The van der Waals surface area contributed by atoms with E-state index in [1.54, 1.807) is 39.9 Å². The quantitative estimate of drug-likeness (QED) is 0.537. The molecule has 4 heterocycles. The van der Waals surface area contributed by atoms with Gasteiger partial charge in [-0.3, -0.25) is 9.89 Å². The highest BCUT2D eigenvalue weighted by Crippen LogP contribution is 2.40. The molecule has 5 rings (SSSR count). The van der Waals surface area contributed by atoms with Crippen molar-refractivity contribution < 1.29 is 25.2 Å². The first kappa shape index (κ1) is 22.2. The third-order valence-corrected chi connectivity index (χ3v) is 6.21. The van der Waals surface area contributed by atoms with Crippen molar-refractivity contribution in [2.24, 2.45) is 9.98 Å². The molecule has 1 aromatic carbocycles. The van der Waals surface area contributed by atoms with Gasteiger partial charge in [0, 0.05) is 11.2 Å². The molecule has 166 valence electrons. The van der Waals surface area contributed by atoms with Crippen molar-refractivity contribution in [2.45, 2.75) is 43.8 Å². The number of aliphatic hydroxyl groups excluding tert-OH is 4. The summed E-state index contributed by atoms with van der Waals surface area (Å²) >= 11 is 6.05. The Morgan fingerprint density at radius 1 is 1.19 bits per heavy atom. The van der Waals surface area contributed by atoms with E-state index in [1.165, 1.54) is 6.34 Å². The minimum atomic E-state index is -1.31. The van der Waals surface area contributed by atoms with Gasteiger partial charge in [0.15, 0.2) is 12.5 Å². The number of aryl methyl sites for hydroxylation is 1. The first-order valence-corrected chi connectivity index (χ1v) is 9.96. The normalized spacial score (nSPS) is 29.9. The van der Waals surface area contributed by atoms with Gasteiger partial charge in [-0.2, -0.15) is 0 Å². The first-order valence-electron chi connectivity index (χ1n) is 9.59. The molecule has 0 aliphatic carbocycles. The number of aliphatic hydroxyl groups is 4. The minimum absolute atomic E-state index is 0. The molecule has 31 heavy (non-hydrogen) atoms. The monoisotopic (exact) mass is 468 g/mol. The standard InChI is InChI=1S/C20H21ClN4O5.ClH/c1-9-6-10(2-3-12(9)21)14(27)17-15(28)16(29)20(30-17)24-5-4-11-18-22-7-13(26)25(18)8-23-19(11)24;/h2-6,8,13-17,20,26-29H,7H2,1H3;1H/t13?,14?,15-,16+,17+,20+;/m0./s1. The van der Waals surface area contributed by atoms with Gasteiger partial charge in [-0.1, -0.05) is 23.7 Å². The number of amidine groups is 1. The van der Waals surface area contributed by atoms with Gasteiger partial charge < -0.3 is 29.7 Å². The number of benzene rings is 1. The van der Waals surface area contributed by atoms with Crippen LogP contribution in [-0.2, 0) is 4.74 Å². The Hall–Kier alpha value is -1.98. The van der Waals surface area contributed by atoms with Crippen molar-refractivity contribution in [3.05, 3.63) is 52.2 Å². The van der Waals surface area contributed by atoms with Gasteiger partial charge in [0.05, 0.1) is 12.1 Å². The van der Waals surface area contributed by atoms with Crippen LogP contribution in [0.5, 0.6) is 0 Å². The van der Waals surface area contributed by atoms with Crippen LogP contribution >= 0.6 is 24.0 Å². The van der Waals surface area contributed by atoms with Crippen LogP contribution in [0.15, 0.2) is 40.4 Å². The summed E-state index contributed by atoms with van der Waals surface area (Å²) in [7, 11) is 0. The van der Waals surface area contributed by atoms with E-state index in [0.29, 0.717) is 27.8 Å². The Balaban J connectivity index is 0.00000231. The van der Waals surface area contributed by atoms with E-state index < -0.39 is 36.9 Å². The Morgan fingerprint density at radius 2 is 1.97 bits per heavy atom. The van der Waals surface area contributed by atoms with Crippen molar-refractivity contribution in [3.63, 3.8) is 0 Å². The molecule has 1 fully saturated rings. The lowest BCUT2D eigenvalue weighted by atomic mass is 9.98. The van der Waals surface area contributed by atoms with Gasteiger partial charge in [0.2, 0.25) is 0 Å². The molecule has 0 bridgehead atoms. The highest BCUT2D eigenvalue weighted by molar-refractivity contribution is 6.31. The van der Waals surface area contributed by atoms with E-state index in [9.17, 15) is 20.4 Å². The number of fused-ring (bicyclic) bond motifs is 3. The lowest BCUT2D eigenvalue weighted by Crippen LogP contribution is -2.37. The van der Waals surface area contributed by atoms with Crippen molar-refractivity contribution in [1.29, 1.82) is 0 Å². The molecule has 2 unspecified atom stereocenters. The maximum Gasteiger partial charge on any atom is 0.164 e. The predicted octanol–water partition coefficient (Wildman–Crippen LogP) is 1.28. The van der Waals surface area contributed by atoms with Crippen LogP contribution in [0.4, 0.5) is 5.82 Å². The second kappa shape index (κ2) is 8.18. The van der Waals surface area contributed by atoms with Crippen LogP contribution in [0.25, 0.3) is 0 Å². The number of hydrogen-bond acceptors (Lipinski definition) is 8. The molecule has 6 atom stereocenters. The summed E-state index contributed by atoms with van der Waals surface area (Å²) < 4.78 is 7.52. The van der Waals surface area contributed by atoms with Gasteiger partial charge in [-0.25, -0.2) is 4.99 Å². The van der Waals surface area contributed by atoms with E-state index in [4.69, 9.17) is 16.3 Å². The molecule has 9 nitrogen and oxygen atoms in total. The Bertz CT molecular complexity index is 1060. The third-order valence-electron chi connectivity index (χ3n) is 5.79. The molecule has 1 aromatic heterocycles. The van der Waals surface area contributed by atoms with Crippen molar-refractivity contribution in [2.75, 3.05) is 6.54 Å². The maximum atomic E-state index is 10.8. The lowest BCUT2D eigenvalue weighted by molar-refractivity contribution is -0.0854. The summed E-state index contributed by atoms with van der Waals surface area (Å²) in [6.45, 7) is 2.07. The number of hydrogen-bond donors (Lipinski definition) is 4. The molecule has 11 heteroatoms. The third kappa shape index (κ3) is 3.46. The van der Waals surface area contributed by atoms with Crippen LogP contribution in [0, 0.1) is 6.92 Å². The van der Waals surface area contributed by atoms with Gasteiger partial charge in [-0.15, -0.1) is 12.4 Å². The van der Waals surface area contributed by atoms with Crippen LogP contribution in [0.2, 0.25) is 5.02 Å². The highest BCUT2D eigenvalue weighted by Gasteiger charge is 2.48. The maximum absolute atomic E-state index is 10.8. The molecule has 4 N–H and O–H groups in total. The fourth-order valence-electron chi connectivity index (χ4n) is 4.12.